The van der Waals surface area contributed by atoms with Crippen LogP contribution < -0.4 is 5.90 Å². The summed E-state index contributed by atoms with van der Waals surface area (Å²) in [5.74, 6) is 5.15. The molecule has 14 heavy (non-hydrogen) atoms. The van der Waals surface area contributed by atoms with Crippen molar-refractivity contribution in [2.24, 2.45) is 5.90 Å². The first-order valence-corrected chi connectivity index (χ1v) is 4.04. The van der Waals surface area contributed by atoms with Crippen molar-refractivity contribution in [3.8, 4) is 0 Å². The van der Waals surface area contributed by atoms with Crippen molar-refractivity contribution >= 4 is 5.88 Å². The molecule has 0 spiro atoms. The van der Waals surface area contributed by atoms with Gasteiger partial charge in [-0.25, -0.2) is 5.90 Å². The van der Waals surface area contributed by atoms with E-state index in [2.05, 4.69) is 4.84 Å². The van der Waals surface area contributed by atoms with Gasteiger partial charge in [0.05, 0.1) is 12.7 Å². The fourth-order valence-electron chi connectivity index (χ4n) is 1.07. The van der Waals surface area contributed by atoms with Gasteiger partial charge >= 0.3 is 5.88 Å². The molecule has 78 valence electrons. The minimum Gasteiger partial charge on any atom is -0.405 e. The average Bonchev–Trinajstić information content (AvgIpc) is 2.51. The lowest BCUT2D eigenvalue weighted by Crippen LogP contribution is -2.25. The summed E-state index contributed by atoms with van der Waals surface area (Å²) in [6, 6.07) is 2.87. The summed E-state index contributed by atoms with van der Waals surface area (Å²) in [6.07, 6.45) is 0. The predicted molar refractivity (Wildman–Crippen MR) is 48.5 cm³/mol. The van der Waals surface area contributed by atoms with E-state index in [1.807, 2.05) is 13.8 Å². The second-order valence-corrected chi connectivity index (χ2v) is 3.59. The van der Waals surface area contributed by atoms with Gasteiger partial charge in [-0.2, -0.15) is 0 Å². The third-order valence-corrected chi connectivity index (χ3v) is 1.88. The average molecular weight is 200 g/mol. The van der Waals surface area contributed by atoms with Crippen LogP contribution in [0.3, 0.4) is 0 Å². The molecule has 0 aliphatic carbocycles. The van der Waals surface area contributed by atoms with Crippen LogP contribution in [0.1, 0.15) is 19.6 Å². The molecule has 0 unspecified atom stereocenters. The summed E-state index contributed by atoms with van der Waals surface area (Å²) >= 11 is 0. The molecule has 0 fully saturated rings. The standard InChI is InChI=1S/C8H12N2O4/c1-8(2,5-13-9)6-3-4-7(14-6)10(11)12/h3-4H,5,9H2,1-2H3. The van der Waals surface area contributed by atoms with E-state index >= 15 is 0 Å². The van der Waals surface area contributed by atoms with Crippen molar-refractivity contribution in [1.82, 2.24) is 0 Å². The van der Waals surface area contributed by atoms with Gasteiger partial charge in [0.2, 0.25) is 0 Å². The SMILES string of the molecule is CC(C)(CON)c1ccc([N+](=O)[O-])o1. The van der Waals surface area contributed by atoms with Gasteiger partial charge in [-0.3, -0.25) is 10.1 Å². The summed E-state index contributed by atoms with van der Waals surface area (Å²) < 4.78 is 5.03. The number of furan rings is 1. The number of hydrogen-bond acceptors (Lipinski definition) is 5. The molecular formula is C8H12N2O4. The fraction of sp³-hybridized carbons (Fsp3) is 0.500. The van der Waals surface area contributed by atoms with Gasteiger partial charge in [0, 0.05) is 5.41 Å². The number of rotatable bonds is 4. The second kappa shape index (κ2) is 3.77. The molecule has 2 N–H and O–H groups in total. The minimum absolute atomic E-state index is 0.234. The Balaban J connectivity index is 2.90. The molecule has 1 aromatic heterocycles. The van der Waals surface area contributed by atoms with Gasteiger partial charge in [0.25, 0.3) is 0 Å². The maximum Gasteiger partial charge on any atom is 0.433 e. The summed E-state index contributed by atoms with van der Waals surface area (Å²) in [4.78, 5) is 14.3. The van der Waals surface area contributed by atoms with Crippen LogP contribution >= 0.6 is 0 Å². The van der Waals surface area contributed by atoms with Crippen LogP contribution in [0.5, 0.6) is 0 Å². The fourth-order valence-corrected chi connectivity index (χ4v) is 1.07. The van der Waals surface area contributed by atoms with E-state index in [0.29, 0.717) is 5.76 Å². The van der Waals surface area contributed by atoms with E-state index in [1.165, 1.54) is 6.07 Å². The Morgan fingerprint density at radius 2 is 2.29 bits per heavy atom. The highest BCUT2D eigenvalue weighted by Gasteiger charge is 2.27. The number of hydrogen-bond donors (Lipinski definition) is 1. The van der Waals surface area contributed by atoms with Crippen LogP contribution in [0, 0.1) is 10.1 Å². The predicted octanol–water partition coefficient (Wildman–Crippen LogP) is 1.36. The molecule has 0 amide bonds. The normalized spacial score (nSPS) is 11.6. The number of nitro groups is 1. The van der Waals surface area contributed by atoms with Crippen molar-refractivity contribution in [3.05, 3.63) is 28.0 Å². The summed E-state index contributed by atoms with van der Waals surface area (Å²) in [5, 5.41) is 10.4. The first-order chi connectivity index (χ1) is 6.47. The van der Waals surface area contributed by atoms with Crippen molar-refractivity contribution in [3.63, 3.8) is 0 Å². The van der Waals surface area contributed by atoms with Crippen LogP contribution in [-0.4, -0.2) is 11.5 Å². The zero-order valence-electron chi connectivity index (χ0n) is 8.02. The summed E-state index contributed by atoms with van der Waals surface area (Å²) in [6.45, 7) is 3.88. The largest absolute Gasteiger partial charge is 0.433 e. The Kier molecular flexibility index (Phi) is 2.87. The highest BCUT2D eigenvalue weighted by atomic mass is 16.6. The van der Waals surface area contributed by atoms with E-state index in [0.717, 1.165) is 0 Å². The maximum atomic E-state index is 10.4. The first-order valence-electron chi connectivity index (χ1n) is 4.04. The second-order valence-electron chi connectivity index (χ2n) is 3.59. The molecule has 0 aliphatic rings. The van der Waals surface area contributed by atoms with E-state index in [-0.39, 0.29) is 12.5 Å². The van der Waals surface area contributed by atoms with Crippen LogP contribution in [0.15, 0.2) is 16.5 Å². The molecule has 0 saturated carbocycles. The molecule has 0 saturated heterocycles. The summed E-state index contributed by atoms with van der Waals surface area (Å²) in [7, 11) is 0. The van der Waals surface area contributed by atoms with Crippen LogP contribution in [0.25, 0.3) is 0 Å². The molecule has 0 aliphatic heterocycles. The van der Waals surface area contributed by atoms with E-state index in [1.54, 1.807) is 6.07 Å². The topological polar surface area (TPSA) is 91.5 Å². The zero-order chi connectivity index (χ0) is 10.8. The Morgan fingerprint density at radius 1 is 1.64 bits per heavy atom. The van der Waals surface area contributed by atoms with Crippen LogP contribution in [-0.2, 0) is 10.3 Å². The Hall–Kier alpha value is -1.40. The van der Waals surface area contributed by atoms with Crippen molar-refractivity contribution < 1.29 is 14.2 Å². The third kappa shape index (κ3) is 2.09. The van der Waals surface area contributed by atoms with Crippen LogP contribution in [0.2, 0.25) is 0 Å². The van der Waals surface area contributed by atoms with Crippen molar-refractivity contribution in [2.75, 3.05) is 6.61 Å². The van der Waals surface area contributed by atoms with E-state index in [4.69, 9.17) is 10.3 Å². The lowest BCUT2D eigenvalue weighted by atomic mass is 9.92. The molecular weight excluding hydrogens is 188 g/mol. The smallest absolute Gasteiger partial charge is 0.405 e. The Morgan fingerprint density at radius 3 is 2.71 bits per heavy atom. The van der Waals surface area contributed by atoms with E-state index < -0.39 is 10.3 Å². The zero-order valence-corrected chi connectivity index (χ0v) is 8.02. The minimum atomic E-state index is -0.580. The Bertz CT molecular complexity index is 332. The maximum absolute atomic E-state index is 10.4. The first kappa shape index (κ1) is 10.7. The Labute approximate surface area is 80.7 Å². The highest BCUT2D eigenvalue weighted by molar-refractivity contribution is 5.22. The quantitative estimate of drug-likeness (QED) is 0.585. The van der Waals surface area contributed by atoms with Gasteiger partial charge in [0.1, 0.15) is 10.7 Å². The van der Waals surface area contributed by atoms with Crippen molar-refractivity contribution in [1.29, 1.82) is 0 Å². The number of nitrogens with zero attached hydrogens (tertiary/aromatic N) is 1. The monoisotopic (exact) mass is 200 g/mol. The van der Waals surface area contributed by atoms with Crippen LogP contribution in [0.4, 0.5) is 5.88 Å². The molecule has 0 atom stereocenters. The molecule has 1 rings (SSSR count). The van der Waals surface area contributed by atoms with Crippen molar-refractivity contribution in [2.45, 2.75) is 19.3 Å². The molecule has 1 aromatic rings. The number of nitrogens with two attached hydrogens (primary N) is 1. The lowest BCUT2D eigenvalue weighted by Gasteiger charge is -2.19. The molecule has 0 aromatic carbocycles. The third-order valence-electron chi connectivity index (χ3n) is 1.88. The van der Waals surface area contributed by atoms with Gasteiger partial charge in [-0.15, -0.1) is 0 Å². The lowest BCUT2D eigenvalue weighted by molar-refractivity contribution is -0.402. The molecule has 6 heteroatoms. The van der Waals surface area contributed by atoms with Gasteiger partial charge in [-0.1, -0.05) is 13.8 Å². The molecule has 1 heterocycles. The molecule has 0 radical (unpaired) electrons. The molecule has 0 bridgehead atoms. The highest BCUT2D eigenvalue weighted by Crippen LogP contribution is 2.27. The summed E-state index contributed by atoms with van der Waals surface area (Å²) in [5.41, 5.74) is -0.469. The van der Waals surface area contributed by atoms with Gasteiger partial charge < -0.3 is 9.25 Å². The van der Waals surface area contributed by atoms with Gasteiger partial charge in [0.15, 0.2) is 0 Å². The van der Waals surface area contributed by atoms with Gasteiger partial charge in [-0.05, 0) is 6.07 Å². The van der Waals surface area contributed by atoms with E-state index in [9.17, 15) is 10.1 Å². The molecule has 6 nitrogen and oxygen atoms in total.